The van der Waals surface area contributed by atoms with Gasteiger partial charge in [-0.3, -0.25) is 0 Å². The van der Waals surface area contributed by atoms with Crippen molar-refractivity contribution in [3.05, 3.63) is 0 Å². The Balaban J connectivity index is 1.90. The summed E-state index contributed by atoms with van der Waals surface area (Å²) in [6.07, 6.45) is -2.46. The van der Waals surface area contributed by atoms with Crippen molar-refractivity contribution in [3.63, 3.8) is 0 Å². The maximum atomic E-state index is 11.6. The summed E-state index contributed by atoms with van der Waals surface area (Å²) in [6.45, 7) is 7.30. The lowest BCUT2D eigenvalue weighted by atomic mass is 9.89. The zero-order valence-corrected chi connectivity index (χ0v) is 12.0. The van der Waals surface area contributed by atoms with Gasteiger partial charge < -0.3 is 28.8 Å². The summed E-state index contributed by atoms with van der Waals surface area (Å²) in [6, 6.07) is 0. The number of rotatable bonds is 1. The van der Waals surface area contributed by atoms with Crippen LogP contribution in [0.3, 0.4) is 0 Å². The maximum absolute atomic E-state index is 11.6. The molecule has 4 atom stereocenters. The lowest BCUT2D eigenvalue weighted by molar-refractivity contribution is -0.180. The Kier molecular flexibility index (Phi) is 2.94. The number of cyclic esters (lactones) is 1. The minimum absolute atomic E-state index is 0.0542. The first kappa shape index (κ1) is 14.2. The predicted octanol–water partition coefficient (Wildman–Crippen LogP) is -0.0541. The summed E-state index contributed by atoms with van der Waals surface area (Å²) in [5, 5.41) is 10.2. The van der Waals surface area contributed by atoms with E-state index in [0.717, 1.165) is 0 Å². The van der Waals surface area contributed by atoms with Crippen LogP contribution in [0, 0.1) is 0 Å². The number of ether oxygens (including phenoxy) is 5. The predicted molar refractivity (Wildman–Crippen MR) is 64.6 cm³/mol. The van der Waals surface area contributed by atoms with Crippen molar-refractivity contribution in [2.75, 3.05) is 13.2 Å². The summed E-state index contributed by atoms with van der Waals surface area (Å²) in [7, 11) is 0. The lowest BCUT2D eigenvalue weighted by Gasteiger charge is -2.31. The summed E-state index contributed by atoms with van der Waals surface area (Å²) in [5.41, 5.74) is -1.24. The molecule has 3 heterocycles. The fourth-order valence-corrected chi connectivity index (χ4v) is 3.06. The number of hydrogen-bond donors (Lipinski definition) is 1. The summed E-state index contributed by atoms with van der Waals surface area (Å²) < 4.78 is 28.0. The van der Waals surface area contributed by atoms with Crippen LogP contribution in [0.1, 0.15) is 27.7 Å². The molecule has 0 aromatic rings. The van der Waals surface area contributed by atoms with Gasteiger partial charge in [0.15, 0.2) is 23.3 Å². The highest BCUT2D eigenvalue weighted by atomic mass is 16.8. The molecule has 114 valence electrons. The van der Waals surface area contributed by atoms with Gasteiger partial charge in [0, 0.05) is 0 Å². The van der Waals surface area contributed by atoms with E-state index in [2.05, 4.69) is 0 Å². The molecule has 0 aromatic carbocycles. The molecular formula is C13H20O7. The van der Waals surface area contributed by atoms with Crippen molar-refractivity contribution in [2.45, 2.75) is 63.2 Å². The zero-order chi connectivity index (χ0) is 14.8. The van der Waals surface area contributed by atoms with E-state index in [-0.39, 0.29) is 6.61 Å². The van der Waals surface area contributed by atoms with Gasteiger partial charge in [-0.15, -0.1) is 0 Å². The minimum Gasteiger partial charge on any atom is -0.460 e. The third-order valence-corrected chi connectivity index (χ3v) is 3.82. The van der Waals surface area contributed by atoms with Crippen molar-refractivity contribution in [1.82, 2.24) is 0 Å². The van der Waals surface area contributed by atoms with Gasteiger partial charge in [-0.25, -0.2) is 4.79 Å². The molecule has 3 aliphatic heterocycles. The van der Waals surface area contributed by atoms with Crippen LogP contribution in [0.25, 0.3) is 0 Å². The molecule has 0 aliphatic carbocycles. The van der Waals surface area contributed by atoms with E-state index in [1.165, 1.54) is 0 Å². The highest BCUT2D eigenvalue weighted by molar-refractivity contribution is 5.78. The molecule has 0 saturated carbocycles. The van der Waals surface area contributed by atoms with Crippen molar-refractivity contribution in [1.29, 1.82) is 0 Å². The SMILES string of the molecule is CC1(C)OC[C@H]([C@H]2OC(C)(C)O[C@]23COC(=O)[C@H]3O)O1. The average molecular weight is 288 g/mol. The van der Waals surface area contributed by atoms with Crippen LogP contribution in [0.2, 0.25) is 0 Å². The van der Waals surface area contributed by atoms with Crippen LogP contribution in [-0.2, 0) is 28.5 Å². The van der Waals surface area contributed by atoms with Crippen LogP contribution in [0.15, 0.2) is 0 Å². The minimum atomic E-state index is -1.39. The van der Waals surface area contributed by atoms with Crippen LogP contribution in [0.5, 0.6) is 0 Å². The molecule has 20 heavy (non-hydrogen) atoms. The molecule has 1 N–H and O–H groups in total. The van der Waals surface area contributed by atoms with Crippen molar-refractivity contribution >= 4 is 5.97 Å². The first-order chi connectivity index (χ1) is 9.15. The third-order valence-electron chi connectivity index (χ3n) is 3.82. The number of carbonyl (C=O) groups excluding carboxylic acids is 1. The molecule has 3 saturated heterocycles. The van der Waals surface area contributed by atoms with E-state index >= 15 is 0 Å². The molecule has 0 radical (unpaired) electrons. The van der Waals surface area contributed by atoms with E-state index in [0.29, 0.717) is 6.61 Å². The number of aliphatic hydroxyl groups is 1. The van der Waals surface area contributed by atoms with E-state index in [1.807, 2.05) is 0 Å². The molecule has 0 unspecified atom stereocenters. The Hall–Kier alpha value is -0.730. The van der Waals surface area contributed by atoms with Crippen LogP contribution < -0.4 is 0 Å². The van der Waals surface area contributed by atoms with Crippen molar-refractivity contribution in [2.24, 2.45) is 0 Å². The van der Waals surface area contributed by atoms with Gasteiger partial charge >= 0.3 is 5.97 Å². The molecule has 0 bridgehead atoms. The van der Waals surface area contributed by atoms with E-state index in [4.69, 9.17) is 23.7 Å². The first-order valence-electron chi connectivity index (χ1n) is 6.70. The Morgan fingerprint density at radius 3 is 2.35 bits per heavy atom. The Labute approximate surface area is 117 Å². The van der Waals surface area contributed by atoms with Gasteiger partial charge in [-0.2, -0.15) is 0 Å². The standard InChI is InChI=1S/C13H20O7/c1-11(2)17-5-7(18-11)9-13(20-12(3,4)19-9)6-16-10(15)8(13)14/h7-9,14H,5-6H2,1-4H3/t7-,8-,9-,13+/m1/s1. The number of hydrogen-bond acceptors (Lipinski definition) is 7. The second kappa shape index (κ2) is 4.14. The molecule has 1 spiro atoms. The summed E-state index contributed by atoms with van der Waals surface area (Å²) >= 11 is 0. The fraction of sp³-hybridized carbons (Fsp3) is 0.923. The van der Waals surface area contributed by atoms with Gasteiger partial charge in [-0.05, 0) is 27.7 Å². The Bertz CT molecular complexity index is 432. The van der Waals surface area contributed by atoms with E-state index in [1.54, 1.807) is 27.7 Å². The summed E-state index contributed by atoms with van der Waals surface area (Å²) in [4.78, 5) is 11.6. The number of aliphatic hydroxyl groups excluding tert-OH is 1. The fourth-order valence-electron chi connectivity index (χ4n) is 3.06. The van der Waals surface area contributed by atoms with Crippen LogP contribution in [0.4, 0.5) is 0 Å². The topological polar surface area (TPSA) is 83.5 Å². The largest absolute Gasteiger partial charge is 0.460 e. The molecule has 7 heteroatoms. The Morgan fingerprint density at radius 2 is 1.85 bits per heavy atom. The molecule has 0 aromatic heterocycles. The summed E-state index contributed by atoms with van der Waals surface area (Å²) in [5.74, 6) is -2.36. The molecular weight excluding hydrogens is 268 g/mol. The van der Waals surface area contributed by atoms with Crippen molar-refractivity contribution in [3.8, 4) is 0 Å². The second-order valence-corrected chi connectivity index (χ2v) is 6.37. The quantitative estimate of drug-likeness (QED) is 0.677. The van der Waals surface area contributed by atoms with Gasteiger partial charge in [0.1, 0.15) is 18.8 Å². The molecule has 3 rings (SSSR count). The Morgan fingerprint density at radius 1 is 1.15 bits per heavy atom. The second-order valence-electron chi connectivity index (χ2n) is 6.37. The number of carbonyl (C=O) groups is 1. The van der Waals surface area contributed by atoms with Crippen molar-refractivity contribution < 1.29 is 33.6 Å². The smallest absolute Gasteiger partial charge is 0.338 e. The zero-order valence-electron chi connectivity index (χ0n) is 12.0. The highest BCUT2D eigenvalue weighted by Crippen LogP contribution is 2.45. The molecule has 3 fully saturated rings. The van der Waals surface area contributed by atoms with Crippen LogP contribution >= 0.6 is 0 Å². The normalized spacial score (nSPS) is 46.0. The monoisotopic (exact) mass is 288 g/mol. The van der Waals surface area contributed by atoms with Gasteiger partial charge in [-0.1, -0.05) is 0 Å². The number of esters is 1. The lowest BCUT2D eigenvalue weighted by Crippen LogP contribution is -2.56. The van der Waals surface area contributed by atoms with Gasteiger partial charge in [0.25, 0.3) is 0 Å². The van der Waals surface area contributed by atoms with E-state index in [9.17, 15) is 9.90 Å². The molecule has 7 nitrogen and oxygen atoms in total. The van der Waals surface area contributed by atoms with E-state index < -0.39 is 41.5 Å². The molecule has 0 amide bonds. The average Bonchev–Trinajstić information content (AvgIpc) is 2.91. The first-order valence-corrected chi connectivity index (χ1v) is 6.70. The highest BCUT2D eigenvalue weighted by Gasteiger charge is 2.67. The van der Waals surface area contributed by atoms with Gasteiger partial charge in [0.05, 0.1) is 6.61 Å². The van der Waals surface area contributed by atoms with Crippen LogP contribution in [-0.4, -0.2) is 59.8 Å². The third kappa shape index (κ3) is 2.05. The maximum Gasteiger partial charge on any atom is 0.338 e. The molecule has 3 aliphatic rings. The van der Waals surface area contributed by atoms with Gasteiger partial charge in [0.2, 0.25) is 0 Å².